The van der Waals surface area contributed by atoms with Gasteiger partial charge in [0.05, 0.1) is 18.0 Å². The Kier molecular flexibility index (Phi) is 7.16. The van der Waals surface area contributed by atoms with Crippen LogP contribution < -0.4 is 24.2 Å². The maximum absolute atomic E-state index is 13.2. The third-order valence-corrected chi connectivity index (χ3v) is 7.17. The van der Waals surface area contributed by atoms with Gasteiger partial charge in [0.1, 0.15) is 19.0 Å². The number of nitrogens with one attached hydrogen (secondary N) is 2. The molecule has 0 aromatic heterocycles. The largest absolute Gasteiger partial charge is 0.497 e. The van der Waals surface area contributed by atoms with Crippen LogP contribution in [0, 0.1) is 6.92 Å². The van der Waals surface area contributed by atoms with Crippen molar-refractivity contribution in [2.75, 3.05) is 25.0 Å². The molecule has 0 spiro atoms. The van der Waals surface area contributed by atoms with Gasteiger partial charge in [-0.2, -0.15) is 0 Å². The molecule has 0 aliphatic carbocycles. The van der Waals surface area contributed by atoms with E-state index < -0.39 is 10.0 Å². The second-order valence-electron chi connectivity index (χ2n) is 8.15. The second-order valence-corrected chi connectivity index (χ2v) is 9.83. The topological polar surface area (TPSA) is 103 Å². The molecule has 1 aliphatic rings. The van der Waals surface area contributed by atoms with Crippen LogP contribution in [0.2, 0.25) is 0 Å². The van der Waals surface area contributed by atoms with Crippen molar-refractivity contribution in [1.29, 1.82) is 0 Å². The van der Waals surface area contributed by atoms with Crippen LogP contribution in [0.3, 0.4) is 0 Å². The van der Waals surface area contributed by atoms with Crippen LogP contribution in [0.5, 0.6) is 17.2 Å². The van der Waals surface area contributed by atoms with E-state index in [2.05, 4.69) is 10.0 Å². The molecule has 1 aliphatic heterocycles. The highest BCUT2D eigenvalue weighted by Gasteiger charge is 2.22. The highest BCUT2D eigenvalue weighted by atomic mass is 32.2. The molecule has 1 heterocycles. The number of rotatable bonds is 8. The molecule has 184 valence electrons. The van der Waals surface area contributed by atoms with Crippen molar-refractivity contribution in [2.24, 2.45) is 0 Å². The quantitative estimate of drug-likeness (QED) is 0.477. The van der Waals surface area contributed by atoms with E-state index in [4.69, 9.17) is 14.2 Å². The Morgan fingerprint density at radius 1 is 1.00 bits per heavy atom. The maximum atomic E-state index is 13.2. The first kappa shape index (κ1) is 24.4. The second kappa shape index (κ2) is 10.3. The normalized spacial score (nSPS) is 13.6. The molecule has 35 heavy (non-hydrogen) atoms. The molecule has 0 saturated carbocycles. The molecular formula is C26H28N2O6S. The van der Waals surface area contributed by atoms with Gasteiger partial charge >= 0.3 is 0 Å². The third kappa shape index (κ3) is 5.51. The summed E-state index contributed by atoms with van der Waals surface area (Å²) in [5.74, 6) is 1.59. The SMILES string of the molecule is CCC(NC(=O)c1cc(S(=O)(=O)Nc2ccc(OC)cc2)ccc1C)c1ccc2c(c1)OCCO2. The number of amides is 1. The summed E-state index contributed by atoms with van der Waals surface area (Å²) in [6.07, 6.45) is 0.640. The Bertz CT molecular complexity index is 1320. The molecular weight excluding hydrogens is 468 g/mol. The number of anilines is 1. The monoisotopic (exact) mass is 496 g/mol. The van der Waals surface area contributed by atoms with E-state index in [1.54, 1.807) is 37.3 Å². The molecule has 2 N–H and O–H groups in total. The van der Waals surface area contributed by atoms with Crippen LogP contribution in [-0.4, -0.2) is 34.6 Å². The van der Waals surface area contributed by atoms with Crippen LogP contribution in [0.1, 0.15) is 40.9 Å². The van der Waals surface area contributed by atoms with Gasteiger partial charge in [0.2, 0.25) is 0 Å². The summed E-state index contributed by atoms with van der Waals surface area (Å²) in [4.78, 5) is 13.2. The zero-order valence-electron chi connectivity index (χ0n) is 19.8. The fourth-order valence-electron chi connectivity index (χ4n) is 3.82. The van der Waals surface area contributed by atoms with Crippen molar-refractivity contribution in [1.82, 2.24) is 5.32 Å². The van der Waals surface area contributed by atoms with Crippen LogP contribution in [0.25, 0.3) is 0 Å². The lowest BCUT2D eigenvalue weighted by atomic mass is 10.0. The Balaban J connectivity index is 1.54. The van der Waals surface area contributed by atoms with Crippen LogP contribution in [0.15, 0.2) is 65.6 Å². The molecule has 0 saturated heterocycles. The van der Waals surface area contributed by atoms with Gasteiger partial charge in [0, 0.05) is 11.3 Å². The predicted octanol–water partition coefficient (Wildman–Crippen LogP) is 4.46. The van der Waals surface area contributed by atoms with Crippen molar-refractivity contribution in [3.05, 3.63) is 77.4 Å². The van der Waals surface area contributed by atoms with Crippen LogP contribution in [-0.2, 0) is 10.0 Å². The molecule has 3 aromatic rings. The lowest BCUT2D eigenvalue weighted by Gasteiger charge is -2.22. The molecule has 1 unspecified atom stereocenters. The number of hydrogen-bond acceptors (Lipinski definition) is 6. The van der Waals surface area contributed by atoms with Gasteiger partial charge in [-0.3, -0.25) is 9.52 Å². The molecule has 4 rings (SSSR count). The Morgan fingerprint density at radius 2 is 1.71 bits per heavy atom. The average Bonchev–Trinajstić information content (AvgIpc) is 2.87. The van der Waals surface area contributed by atoms with Gasteiger partial charge in [-0.05, 0) is 73.0 Å². The zero-order valence-corrected chi connectivity index (χ0v) is 20.6. The van der Waals surface area contributed by atoms with Gasteiger partial charge in [-0.1, -0.05) is 19.1 Å². The van der Waals surface area contributed by atoms with E-state index in [1.807, 2.05) is 25.1 Å². The molecule has 3 aromatic carbocycles. The summed E-state index contributed by atoms with van der Waals surface area (Å²) < 4.78 is 44.8. The van der Waals surface area contributed by atoms with E-state index in [-0.39, 0.29) is 16.8 Å². The Morgan fingerprint density at radius 3 is 2.40 bits per heavy atom. The van der Waals surface area contributed by atoms with Crippen molar-refractivity contribution < 1.29 is 27.4 Å². The summed E-state index contributed by atoms with van der Waals surface area (Å²) in [7, 11) is -2.37. The predicted molar refractivity (Wildman–Crippen MR) is 133 cm³/mol. The molecule has 1 atom stereocenters. The zero-order chi connectivity index (χ0) is 25.0. The minimum absolute atomic E-state index is 0.00329. The Labute approximate surface area is 205 Å². The fraction of sp³-hybridized carbons (Fsp3) is 0.269. The summed E-state index contributed by atoms with van der Waals surface area (Å²) in [5.41, 5.74) is 2.23. The lowest BCUT2D eigenvalue weighted by molar-refractivity contribution is 0.0934. The minimum Gasteiger partial charge on any atom is -0.497 e. The smallest absolute Gasteiger partial charge is 0.261 e. The number of ether oxygens (including phenoxy) is 3. The van der Waals surface area contributed by atoms with Gasteiger partial charge in [0.25, 0.3) is 15.9 Å². The van der Waals surface area contributed by atoms with Crippen LogP contribution >= 0.6 is 0 Å². The summed E-state index contributed by atoms with van der Waals surface area (Å²) in [6, 6.07) is 16.4. The molecule has 1 amide bonds. The van der Waals surface area contributed by atoms with E-state index in [1.165, 1.54) is 19.2 Å². The lowest BCUT2D eigenvalue weighted by Crippen LogP contribution is -2.29. The van der Waals surface area contributed by atoms with Crippen molar-refractivity contribution in [3.8, 4) is 17.2 Å². The first-order valence-electron chi connectivity index (χ1n) is 11.3. The number of methoxy groups -OCH3 is 1. The van der Waals surface area contributed by atoms with Gasteiger partial charge < -0.3 is 19.5 Å². The summed E-state index contributed by atoms with van der Waals surface area (Å²) >= 11 is 0. The average molecular weight is 497 g/mol. The first-order chi connectivity index (χ1) is 16.8. The van der Waals surface area contributed by atoms with E-state index >= 15 is 0 Å². The molecule has 0 radical (unpaired) electrons. The summed E-state index contributed by atoms with van der Waals surface area (Å²) in [6.45, 7) is 4.72. The highest BCUT2D eigenvalue weighted by Crippen LogP contribution is 2.33. The van der Waals surface area contributed by atoms with Crippen molar-refractivity contribution in [2.45, 2.75) is 31.2 Å². The fourth-order valence-corrected chi connectivity index (χ4v) is 4.90. The van der Waals surface area contributed by atoms with E-state index in [9.17, 15) is 13.2 Å². The van der Waals surface area contributed by atoms with E-state index in [0.29, 0.717) is 53.7 Å². The highest BCUT2D eigenvalue weighted by molar-refractivity contribution is 7.92. The number of aryl methyl sites for hydroxylation is 1. The number of sulfonamides is 1. The van der Waals surface area contributed by atoms with Gasteiger partial charge in [-0.25, -0.2) is 8.42 Å². The van der Waals surface area contributed by atoms with Gasteiger partial charge in [-0.15, -0.1) is 0 Å². The number of carbonyl (C=O) groups is 1. The standard InChI is InChI=1S/C26H28N2O6S/c1-4-23(18-6-12-24-25(15-18)34-14-13-33-24)27-26(29)22-16-21(11-5-17(22)2)35(30,31)28-19-7-9-20(32-3)10-8-19/h5-12,15-16,23,28H,4,13-14H2,1-3H3,(H,27,29). The van der Waals surface area contributed by atoms with Crippen molar-refractivity contribution in [3.63, 3.8) is 0 Å². The van der Waals surface area contributed by atoms with E-state index in [0.717, 1.165) is 5.56 Å². The van der Waals surface area contributed by atoms with Crippen molar-refractivity contribution >= 4 is 21.6 Å². The number of benzene rings is 3. The molecule has 9 heteroatoms. The third-order valence-electron chi connectivity index (χ3n) is 5.79. The minimum atomic E-state index is -3.90. The molecule has 0 bridgehead atoms. The number of hydrogen-bond donors (Lipinski definition) is 2. The first-order valence-corrected chi connectivity index (χ1v) is 12.8. The summed E-state index contributed by atoms with van der Waals surface area (Å²) in [5, 5.41) is 3.02. The molecule has 0 fully saturated rings. The number of fused-ring (bicyclic) bond motifs is 1. The Hall–Kier alpha value is -3.72. The maximum Gasteiger partial charge on any atom is 0.261 e. The van der Waals surface area contributed by atoms with Gasteiger partial charge in [0.15, 0.2) is 11.5 Å². The van der Waals surface area contributed by atoms with Crippen LogP contribution in [0.4, 0.5) is 5.69 Å². The number of carbonyl (C=O) groups excluding carboxylic acids is 1. The molecule has 8 nitrogen and oxygen atoms in total.